The van der Waals surface area contributed by atoms with Crippen LogP contribution in [0.2, 0.25) is 0 Å². The smallest absolute Gasteiger partial charge is 0.872 e. The Hall–Kier alpha value is -2.95. The SMILES string of the molecule is FC1=CC=C=C[CH]1.O=C(O)c1ccccc1O.O=C([O-])c1ccccc1[O-].[Bi+2]. The van der Waals surface area contributed by atoms with Crippen molar-refractivity contribution in [3.05, 3.63) is 95.9 Å². The van der Waals surface area contributed by atoms with E-state index in [1.54, 1.807) is 12.1 Å². The predicted octanol–water partition coefficient (Wildman–Crippen LogP) is 1.60. The number of para-hydroxylation sites is 2. The Balaban J connectivity index is 0.000000390. The van der Waals surface area contributed by atoms with Gasteiger partial charge in [-0.2, -0.15) is 0 Å². The van der Waals surface area contributed by atoms with E-state index in [4.69, 9.17) is 10.2 Å². The molecule has 0 amide bonds. The van der Waals surface area contributed by atoms with Crippen LogP contribution in [-0.2, 0) is 0 Å². The van der Waals surface area contributed by atoms with Crippen LogP contribution in [0.5, 0.6) is 11.5 Å². The van der Waals surface area contributed by atoms with Crippen LogP contribution >= 0.6 is 0 Å². The fraction of sp³-hybridized carbons (Fsp3) is 0. The van der Waals surface area contributed by atoms with Gasteiger partial charge in [0.25, 0.3) is 0 Å². The van der Waals surface area contributed by atoms with Gasteiger partial charge in [-0.15, -0.1) is 5.73 Å². The van der Waals surface area contributed by atoms with Gasteiger partial charge in [0.15, 0.2) is 0 Å². The number of carbonyl (C=O) groups excluding carboxylic acids is 1. The first-order chi connectivity index (χ1) is 12.8. The van der Waals surface area contributed by atoms with E-state index in [9.17, 15) is 24.2 Å². The zero-order valence-corrected chi connectivity index (χ0v) is 17.8. The Morgan fingerprint density at radius 2 is 1.54 bits per heavy atom. The Morgan fingerprint density at radius 1 is 0.964 bits per heavy atom. The number of aromatic hydroxyl groups is 1. The Kier molecular flexibility index (Phi) is 11.9. The maximum atomic E-state index is 11.9. The number of carbonyl (C=O) groups is 2. The van der Waals surface area contributed by atoms with Gasteiger partial charge in [-0.05, 0) is 35.9 Å². The van der Waals surface area contributed by atoms with E-state index in [2.05, 4.69) is 5.73 Å². The molecule has 0 heterocycles. The molecule has 6 nitrogen and oxygen atoms in total. The van der Waals surface area contributed by atoms with E-state index in [0.717, 1.165) is 0 Å². The topological polar surface area (TPSA) is 121 Å². The Labute approximate surface area is 179 Å². The molecule has 1 aliphatic carbocycles. The summed E-state index contributed by atoms with van der Waals surface area (Å²) < 4.78 is 11.9. The largest absolute Gasteiger partial charge is 2.00 e. The molecule has 0 bridgehead atoms. The van der Waals surface area contributed by atoms with E-state index in [0.29, 0.717) is 0 Å². The van der Waals surface area contributed by atoms with Gasteiger partial charge < -0.3 is 25.2 Å². The second-order valence-corrected chi connectivity index (χ2v) is 4.82. The van der Waals surface area contributed by atoms with Crippen molar-refractivity contribution in [2.75, 3.05) is 0 Å². The van der Waals surface area contributed by atoms with Crippen molar-refractivity contribution in [2.24, 2.45) is 0 Å². The van der Waals surface area contributed by atoms with Gasteiger partial charge in [-0.25, -0.2) is 9.18 Å². The average Bonchev–Trinajstić information content (AvgIpc) is 2.64. The molecule has 8 heteroatoms. The van der Waals surface area contributed by atoms with Crippen LogP contribution in [0.3, 0.4) is 0 Å². The van der Waals surface area contributed by atoms with Gasteiger partial charge in [0.1, 0.15) is 17.1 Å². The van der Waals surface area contributed by atoms with Crippen molar-refractivity contribution in [1.29, 1.82) is 0 Å². The Morgan fingerprint density at radius 3 is 1.86 bits per heavy atom. The molecule has 4 radical (unpaired) electrons. The molecule has 0 unspecified atom stereocenters. The number of hydrogen-bond donors (Lipinski definition) is 2. The predicted molar refractivity (Wildman–Crippen MR) is 97.2 cm³/mol. The van der Waals surface area contributed by atoms with Crippen LogP contribution in [0.4, 0.5) is 4.39 Å². The molecule has 142 valence electrons. The minimum Gasteiger partial charge on any atom is -0.872 e. The Bertz CT molecular complexity index is 846. The van der Waals surface area contributed by atoms with E-state index in [1.807, 2.05) is 0 Å². The first-order valence-corrected chi connectivity index (χ1v) is 7.43. The summed E-state index contributed by atoms with van der Waals surface area (Å²) in [4.78, 5) is 20.4. The molecule has 28 heavy (non-hydrogen) atoms. The van der Waals surface area contributed by atoms with E-state index >= 15 is 0 Å². The van der Waals surface area contributed by atoms with Crippen LogP contribution in [0.1, 0.15) is 20.7 Å². The van der Waals surface area contributed by atoms with Gasteiger partial charge >= 0.3 is 32.2 Å². The monoisotopic (exact) mass is 578 g/mol. The van der Waals surface area contributed by atoms with Gasteiger partial charge in [-0.3, -0.25) is 0 Å². The third kappa shape index (κ3) is 9.12. The summed E-state index contributed by atoms with van der Waals surface area (Å²) in [5, 5.41) is 38.1. The van der Waals surface area contributed by atoms with Crippen LogP contribution in [0.25, 0.3) is 0 Å². The summed E-state index contributed by atoms with van der Waals surface area (Å²) in [7, 11) is 0. The first-order valence-electron chi connectivity index (χ1n) is 7.43. The van der Waals surface area contributed by atoms with Crippen molar-refractivity contribution < 1.29 is 34.4 Å². The van der Waals surface area contributed by atoms with Crippen LogP contribution in [-0.4, -0.2) is 48.4 Å². The normalized spacial score (nSPS) is 10.8. The molecule has 0 spiro atoms. The molecular weight excluding hydrogens is 564 g/mol. The van der Waals surface area contributed by atoms with Gasteiger partial charge in [0.2, 0.25) is 0 Å². The number of carboxylic acid groups (broad SMARTS) is 2. The van der Waals surface area contributed by atoms with Gasteiger partial charge in [0.05, 0.1) is 5.97 Å². The van der Waals surface area contributed by atoms with E-state index in [1.165, 1.54) is 61.0 Å². The minimum atomic E-state index is -1.43. The second-order valence-electron chi connectivity index (χ2n) is 4.82. The summed E-state index contributed by atoms with van der Waals surface area (Å²) in [6.45, 7) is 0. The molecule has 0 aromatic heterocycles. The minimum absolute atomic E-state index is 0. The maximum absolute atomic E-state index is 11.9. The molecule has 2 aromatic carbocycles. The number of benzene rings is 2. The molecule has 2 aromatic rings. The molecule has 1 aliphatic rings. The number of phenols is 1. The molecule has 0 saturated carbocycles. The zero-order valence-electron chi connectivity index (χ0n) is 14.3. The third-order valence-corrected chi connectivity index (χ3v) is 2.92. The number of hydrogen-bond acceptors (Lipinski definition) is 5. The molecule has 0 fully saturated rings. The van der Waals surface area contributed by atoms with Gasteiger partial charge in [0, 0.05) is 6.42 Å². The van der Waals surface area contributed by atoms with Crippen LogP contribution in [0.15, 0.2) is 78.3 Å². The fourth-order valence-corrected chi connectivity index (χ4v) is 1.66. The van der Waals surface area contributed by atoms with Crippen LogP contribution < -0.4 is 10.2 Å². The number of aromatic carboxylic acids is 2. The fourth-order valence-electron chi connectivity index (χ4n) is 1.66. The molecule has 0 aliphatic heterocycles. The molecule has 0 saturated heterocycles. The van der Waals surface area contributed by atoms with E-state index in [-0.39, 0.29) is 48.9 Å². The van der Waals surface area contributed by atoms with Crippen LogP contribution in [0, 0.1) is 6.42 Å². The first kappa shape index (κ1) is 25.1. The number of allylic oxidation sites excluding steroid dienone is 3. The third-order valence-electron chi connectivity index (χ3n) is 2.92. The van der Waals surface area contributed by atoms with Crippen molar-refractivity contribution >= 4 is 38.1 Å². The molecular formula is C20H14BiFO6. The summed E-state index contributed by atoms with van der Waals surface area (Å²) in [6, 6.07) is 11.2. The average molecular weight is 578 g/mol. The van der Waals surface area contributed by atoms with Crippen molar-refractivity contribution in [3.8, 4) is 11.5 Å². The maximum Gasteiger partial charge on any atom is 2.00 e. The quantitative estimate of drug-likeness (QED) is 0.413. The van der Waals surface area contributed by atoms with Crippen molar-refractivity contribution in [1.82, 2.24) is 0 Å². The number of rotatable bonds is 2. The summed E-state index contributed by atoms with van der Waals surface area (Å²) in [5.41, 5.74) is 2.34. The zero-order chi connectivity index (χ0) is 20.2. The summed E-state index contributed by atoms with van der Waals surface area (Å²) in [5.74, 6) is -3.46. The standard InChI is InChI=1S/2C7H6O3.C6H4F.Bi/c2*8-6-4-2-1-3-5(6)7(9)10;7-6-4-2-1-3-5-6;/h2*1-4,8H,(H,9,10);2-5H;/q;;;+2/p-2. The van der Waals surface area contributed by atoms with E-state index < -0.39 is 17.7 Å². The molecule has 3 rings (SSSR count). The summed E-state index contributed by atoms with van der Waals surface area (Å²) in [6.07, 6.45) is 5.80. The van der Waals surface area contributed by atoms with Crippen molar-refractivity contribution in [2.45, 2.75) is 0 Å². The molecule has 2 N–H and O–H groups in total. The van der Waals surface area contributed by atoms with Gasteiger partial charge in [-0.1, -0.05) is 42.1 Å². The number of halogens is 1. The summed E-state index contributed by atoms with van der Waals surface area (Å²) >= 11 is 0. The molecule has 0 atom stereocenters. The number of carboxylic acids is 2. The van der Waals surface area contributed by atoms with Crippen molar-refractivity contribution in [3.63, 3.8) is 0 Å². The second kappa shape index (κ2) is 13.3.